The molecule has 0 bridgehead atoms. The minimum Gasteiger partial charge on any atom is -0.373 e. The van der Waals surface area contributed by atoms with E-state index in [0.717, 1.165) is 11.3 Å². The molecule has 3 heterocycles. The van der Waals surface area contributed by atoms with Crippen LogP contribution in [0, 0.1) is 11.7 Å². The van der Waals surface area contributed by atoms with Gasteiger partial charge in [0.1, 0.15) is 22.2 Å². The summed E-state index contributed by atoms with van der Waals surface area (Å²) in [5, 5.41) is 10.4. The number of aromatic nitrogens is 4. The first-order valence-electron chi connectivity index (χ1n) is 9.09. The van der Waals surface area contributed by atoms with Crippen molar-refractivity contribution in [2.75, 3.05) is 24.3 Å². The zero-order valence-corrected chi connectivity index (χ0v) is 17.4. The summed E-state index contributed by atoms with van der Waals surface area (Å²) in [5.41, 5.74) is 2.27. The highest BCUT2D eigenvalue weighted by Crippen LogP contribution is 2.42. The largest absolute Gasteiger partial charge is 0.373 e. The van der Waals surface area contributed by atoms with Gasteiger partial charge in [-0.1, -0.05) is 22.9 Å². The van der Waals surface area contributed by atoms with Crippen LogP contribution in [0.1, 0.15) is 6.42 Å². The Bertz CT molecular complexity index is 1320. The Balaban J connectivity index is 1.59. The molecule has 2 atom stereocenters. The van der Waals surface area contributed by atoms with Gasteiger partial charge < -0.3 is 10.2 Å². The topological polar surface area (TPSA) is 86.8 Å². The first-order valence-corrected chi connectivity index (χ1v) is 10.3. The predicted molar refractivity (Wildman–Crippen MR) is 113 cm³/mol. The number of amides is 1. The highest BCUT2D eigenvalue weighted by atomic mass is 35.5. The average molecular weight is 449 g/mol. The maximum absolute atomic E-state index is 15.0. The quantitative estimate of drug-likeness (QED) is 0.483. The summed E-state index contributed by atoms with van der Waals surface area (Å²) >= 11 is 7.57. The summed E-state index contributed by atoms with van der Waals surface area (Å²) < 4.78 is 28.1. The molecule has 11 heteroatoms. The molecule has 7 nitrogen and oxygen atoms in total. The molecule has 0 unspecified atom stereocenters. The second kappa shape index (κ2) is 6.85. The molecule has 1 aliphatic rings. The van der Waals surface area contributed by atoms with E-state index < -0.39 is 17.9 Å². The molecule has 0 spiro atoms. The highest BCUT2D eigenvalue weighted by molar-refractivity contribution is 7.22. The molecule has 5 rings (SSSR count). The highest BCUT2D eigenvalue weighted by Gasteiger charge is 2.43. The molecule has 4 aromatic rings. The molecule has 0 aliphatic heterocycles. The molecular formula is C19H15ClF2N6OS. The van der Waals surface area contributed by atoms with Gasteiger partial charge >= 0.3 is 0 Å². The number of alkyl halides is 1. The predicted octanol–water partition coefficient (Wildman–Crippen LogP) is 4.39. The number of anilines is 2. The van der Waals surface area contributed by atoms with Gasteiger partial charge in [-0.25, -0.2) is 18.7 Å². The third-order valence-electron chi connectivity index (χ3n) is 5.00. The van der Waals surface area contributed by atoms with Crippen LogP contribution in [0.15, 0.2) is 18.3 Å². The molecule has 1 aromatic carbocycles. The van der Waals surface area contributed by atoms with E-state index in [9.17, 15) is 9.18 Å². The standard InChI is InChI=1S/C19H15ClF2N6OS/c1-28(2)16-14(22)13(20)12(8-6-23-27-15(8)16)10-3-4-11-18(24-10)30-19(25-11)26-17(29)7-5-9(7)21/h3-4,6-7,9H,5H2,1-2H3,(H,23,27)(H,25,26,29)/t7-,9+/m1/s1. The number of hydrogen-bond donors (Lipinski definition) is 2. The molecule has 1 saturated carbocycles. The van der Waals surface area contributed by atoms with E-state index in [0.29, 0.717) is 43.3 Å². The summed E-state index contributed by atoms with van der Waals surface area (Å²) in [6, 6.07) is 3.41. The number of halogens is 3. The fourth-order valence-corrected chi connectivity index (χ4v) is 4.54. The van der Waals surface area contributed by atoms with Crippen molar-refractivity contribution in [1.29, 1.82) is 0 Å². The van der Waals surface area contributed by atoms with Crippen LogP contribution in [0.3, 0.4) is 0 Å². The normalized spacial score (nSPS) is 18.2. The lowest BCUT2D eigenvalue weighted by Gasteiger charge is -2.17. The molecule has 1 amide bonds. The van der Waals surface area contributed by atoms with Crippen LogP contribution in [-0.2, 0) is 4.79 Å². The number of nitrogens with zero attached hydrogens (tertiary/aromatic N) is 4. The van der Waals surface area contributed by atoms with Gasteiger partial charge in [0.05, 0.1) is 28.3 Å². The lowest BCUT2D eigenvalue weighted by atomic mass is 10.0. The summed E-state index contributed by atoms with van der Waals surface area (Å²) in [6.07, 6.45) is 0.743. The van der Waals surface area contributed by atoms with Gasteiger partial charge in [-0.05, 0) is 18.6 Å². The van der Waals surface area contributed by atoms with E-state index in [-0.39, 0.29) is 17.4 Å². The number of nitrogens with one attached hydrogen (secondary N) is 2. The van der Waals surface area contributed by atoms with E-state index in [1.54, 1.807) is 37.3 Å². The fraction of sp³-hybridized carbons (Fsp3) is 0.263. The molecule has 3 aromatic heterocycles. The van der Waals surface area contributed by atoms with Crippen LogP contribution in [0.2, 0.25) is 5.02 Å². The van der Waals surface area contributed by atoms with E-state index in [4.69, 9.17) is 11.6 Å². The number of pyridine rings is 1. The number of aromatic amines is 1. The van der Waals surface area contributed by atoms with Gasteiger partial charge in [0, 0.05) is 25.0 Å². The van der Waals surface area contributed by atoms with Crippen LogP contribution < -0.4 is 10.2 Å². The Morgan fingerprint density at radius 3 is 2.83 bits per heavy atom. The minimum atomic E-state index is -1.08. The van der Waals surface area contributed by atoms with E-state index in [2.05, 4.69) is 25.5 Å². The summed E-state index contributed by atoms with van der Waals surface area (Å²) in [7, 11) is 3.44. The van der Waals surface area contributed by atoms with E-state index in [1.807, 2.05) is 0 Å². The van der Waals surface area contributed by atoms with Crippen molar-refractivity contribution in [2.45, 2.75) is 12.6 Å². The van der Waals surface area contributed by atoms with Crippen molar-refractivity contribution in [3.63, 3.8) is 0 Å². The maximum atomic E-state index is 15.0. The SMILES string of the molecule is CN(C)c1c(F)c(Cl)c(-c2ccc3nc(NC(=O)[C@@H]4C[C@@H]4F)sc3n2)c2cn[nH]c12. The molecule has 1 aliphatic carbocycles. The summed E-state index contributed by atoms with van der Waals surface area (Å²) in [4.78, 5) is 23.0. The van der Waals surface area contributed by atoms with E-state index in [1.165, 1.54) is 0 Å². The lowest BCUT2D eigenvalue weighted by molar-refractivity contribution is -0.117. The molecule has 30 heavy (non-hydrogen) atoms. The van der Waals surface area contributed by atoms with Crippen LogP contribution in [0.4, 0.5) is 19.6 Å². The van der Waals surface area contributed by atoms with Gasteiger partial charge in [-0.3, -0.25) is 9.89 Å². The number of rotatable bonds is 4. The fourth-order valence-electron chi connectivity index (χ4n) is 3.41. The van der Waals surface area contributed by atoms with Crippen molar-refractivity contribution >= 4 is 60.9 Å². The van der Waals surface area contributed by atoms with Gasteiger partial charge in [-0.2, -0.15) is 5.10 Å². The number of hydrogen-bond acceptors (Lipinski definition) is 6. The minimum absolute atomic E-state index is 0.0554. The number of benzene rings is 1. The summed E-state index contributed by atoms with van der Waals surface area (Å²) in [6.45, 7) is 0. The summed E-state index contributed by atoms with van der Waals surface area (Å²) in [5.74, 6) is -1.56. The maximum Gasteiger partial charge on any atom is 0.232 e. The van der Waals surface area contributed by atoms with Crippen molar-refractivity contribution < 1.29 is 13.6 Å². The number of thiazole rings is 1. The van der Waals surface area contributed by atoms with Gasteiger partial charge in [0.15, 0.2) is 10.9 Å². The number of H-pyrrole nitrogens is 1. The smallest absolute Gasteiger partial charge is 0.232 e. The molecule has 1 fully saturated rings. The molecule has 2 N–H and O–H groups in total. The second-order valence-corrected chi connectivity index (χ2v) is 8.65. The lowest BCUT2D eigenvalue weighted by Crippen LogP contribution is -2.14. The Labute approximate surface area is 178 Å². The molecule has 154 valence electrons. The van der Waals surface area contributed by atoms with Crippen molar-refractivity contribution in [1.82, 2.24) is 20.2 Å². The zero-order valence-electron chi connectivity index (χ0n) is 15.8. The van der Waals surface area contributed by atoms with Crippen molar-refractivity contribution in [2.24, 2.45) is 5.92 Å². The zero-order chi connectivity index (χ0) is 21.2. The third-order valence-corrected chi connectivity index (χ3v) is 6.24. The second-order valence-electron chi connectivity index (χ2n) is 7.29. The number of fused-ring (bicyclic) bond motifs is 2. The third kappa shape index (κ3) is 2.98. The van der Waals surface area contributed by atoms with Crippen LogP contribution >= 0.6 is 22.9 Å². The van der Waals surface area contributed by atoms with Gasteiger partial charge in [0.2, 0.25) is 5.91 Å². The average Bonchev–Trinajstić information content (AvgIpc) is 3.08. The van der Waals surface area contributed by atoms with Crippen LogP contribution in [0.5, 0.6) is 0 Å². The first kappa shape index (κ1) is 19.1. The Kier molecular flexibility index (Phi) is 4.37. The monoisotopic (exact) mass is 448 g/mol. The van der Waals surface area contributed by atoms with Crippen molar-refractivity contribution in [3.8, 4) is 11.3 Å². The van der Waals surface area contributed by atoms with E-state index >= 15 is 4.39 Å². The van der Waals surface area contributed by atoms with Gasteiger partial charge in [0.25, 0.3) is 0 Å². The van der Waals surface area contributed by atoms with Crippen molar-refractivity contribution in [3.05, 3.63) is 29.2 Å². The number of carbonyl (C=O) groups is 1. The first-order chi connectivity index (χ1) is 14.3. The van der Waals surface area contributed by atoms with Crippen LogP contribution in [0.25, 0.3) is 32.5 Å². The van der Waals surface area contributed by atoms with Gasteiger partial charge in [-0.15, -0.1) is 0 Å². The molecular weight excluding hydrogens is 434 g/mol. The molecule has 0 saturated heterocycles. The molecule has 0 radical (unpaired) electrons. The number of carbonyl (C=O) groups excluding carboxylic acids is 1. The Morgan fingerprint density at radius 1 is 1.37 bits per heavy atom. The Morgan fingerprint density at radius 2 is 2.13 bits per heavy atom. The van der Waals surface area contributed by atoms with Crippen LogP contribution in [-0.4, -0.2) is 46.3 Å². The Hall–Kier alpha value is -2.85.